The Labute approximate surface area is 78.5 Å². The molecule has 0 heterocycles. The number of rotatable bonds is 4. The van der Waals surface area contributed by atoms with Crippen molar-refractivity contribution in [1.29, 1.82) is 0 Å². The van der Waals surface area contributed by atoms with E-state index in [-0.39, 0.29) is 6.10 Å². The quantitative estimate of drug-likeness (QED) is 0.661. The van der Waals surface area contributed by atoms with Crippen LogP contribution in [0.4, 0.5) is 0 Å². The fourth-order valence-corrected chi connectivity index (χ4v) is 1.05. The van der Waals surface area contributed by atoms with Crippen LogP contribution in [0.3, 0.4) is 0 Å². The van der Waals surface area contributed by atoms with Crippen LogP contribution in [0.2, 0.25) is 0 Å². The van der Waals surface area contributed by atoms with Gasteiger partial charge in [-0.15, -0.1) is 0 Å². The average Bonchev–Trinajstić information content (AvgIpc) is 2.19. The summed E-state index contributed by atoms with van der Waals surface area (Å²) >= 11 is 0. The maximum atomic E-state index is 10.3. The Morgan fingerprint density at radius 1 is 1.38 bits per heavy atom. The maximum absolute atomic E-state index is 10.3. The van der Waals surface area contributed by atoms with Crippen molar-refractivity contribution in [3.63, 3.8) is 0 Å². The minimum absolute atomic E-state index is 0.368. The molecular formula is C11H14O2. The second-order valence-corrected chi connectivity index (χ2v) is 2.96. The van der Waals surface area contributed by atoms with E-state index in [4.69, 9.17) is 4.74 Å². The number of aldehydes is 1. The van der Waals surface area contributed by atoms with Crippen LogP contribution < -0.4 is 4.74 Å². The molecule has 0 aliphatic carbocycles. The van der Waals surface area contributed by atoms with Gasteiger partial charge in [0.1, 0.15) is 5.75 Å². The van der Waals surface area contributed by atoms with Crippen LogP contribution in [-0.2, 0) is 11.2 Å². The van der Waals surface area contributed by atoms with E-state index in [1.54, 1.807) is 6.92 Å². The van der Waals surface area contributed by atoms with Gasteiger partial charge in [0, 0.05) is 0 Å². The number of ether oxygens (including phenoxy) is 1. The molecule has 0 saturated heterocycles. The summed E-state index contributed by atoms with van der Waals surface area (Å²) in [5.74, 6) is 0.747. The van der Waals surface area contributed by atoms with E-state index in [9.17, 15) is 4.79 Å². The van der Waals surface area contributed by atoms with Gasteiger partial charge in [-0.05, 0) is 31.0 Å². The van der Waals surface area contributed by atoms with Gasteiger partial charge in [-0.3, -0.25) is 4.79 Å². The van der Waals surface area contributed by atoms with Crippen LogP contribution in [0.15, 0.2) is 24.3 Å². The molecule has 1 aromatic rings. The van der Waals surface area contributed by atoms with E-state index >= 15 is 0 Å². The summed E-state index contributed by atoms with van der Waals surface area (Å²) in [4.78, 5) is 10.3. The second kappa shape index (κ2) is 4.65. The fourth-order valence-electron chi connectivity index (χ4n) is 1.05. The zero-order chi connectivity index (χ0) is 9.68. The second-order valence-electron chi connectivity index (χ2n) is 2.96. The van der Waals surface area contributed by atoms with E-state index in [0.717, 1.165) is 18.5 Å². The molecule has 70 valence electrons. The predicted molar refractivity (Wildman–Crippen MR) is 52.0 cm³/mol. The molecule has 0 aliphatic heterocycles. The van der Waals surface area contributed by atoms with Crippen molar-refractivity contribution >= 4 is 6.29 Å². The number of aryl methyl sites for hydroxylation is 1. The Balaban J connectivity index is 2.63. The molecule has 0 spiro atoms. The first-order valence-electron chi connectivity index (χ1n) is 4.47. The van der Waals surface area contributed by atoms with Crippen molar-refractivity contribution in [2.75, 3.05) is 0 Å². The van der Waals surface area contributed by atoms with Gasteiger partial charge in [-0.2, -0.15) is 0 Å². The Bertz CT molecular complexity index is 264. The van der Waals surface area contributed by atoms with E-state index in [1.165, 1.54) is 5.56 Å². The molecule has 0 aromatic heterocycles. The third-order valence-electron chi connectivity index (χ3n) is 1.85. The highest BCUT2D eigenvalue weighted by atomic mass is 16.5. The lowest BCUT2D eigenvalue weighted by atomic mass is 10.2. The van der Waals surface area contributed by atoms with Crippen molar-refractivity contribution in [2.24, 2.45) is 0 Å². The lowest BCUT2D eigenvalue weighted by Crippen LogP contribution is -2.12. The molecule has 0 saturated carbocycles. The zero-order valence-electron chi connectivity index (χ0n) is 7.99. The van der Waals surface area contributed by atoms with E-state index in [1.807, 2.05) is 24.3 Å². The normalized spacial score (nSPS) is 12.2. The summed E-state index contributed by atoms with van der Waals surface area (Å²) < 4.78 is 5.29. The number of carbonyl (C=O) groups excluding carboxylic acids is 1. The van der Waals surface area contributed by atoms with E-state index < -0.39 is 0 Å². The van der Waals surface area contributed by atoms with Crippen LogP contribution in [0, 0.1) is 0 Å². The maximum Gasteiger partial charge on any atom is 0.160 e. The molecular weight excluding hydrogens is 164 g/mol. The summed E-state index contributed by atoms with van der Waals surface area (Å²) in [6.45, 7) is 3.82. The van der Waals surface area contributed by atoms with Crippen molar-refractivity contribution in [3.8, 4) is 5.75 Å². The van der Waals surface area contributed by atoms with Gasteiger partial charge in [0.05, 0.1) is 0 Å². The van der Waals surface area contributed by atoms with Gasteiger partial charge in [-0.1, -0.05) is 19.1 Å². The molecule has 0 aliphatic rings. The minimum Gasteiger partial charge on any atom is -0.483 e. The first-order valence-corrected chi connectivity index (χ1v) is 4.47. The molecule has 0 radical (unpaired) electrons. The summed E-state index contributed by atoms with van der Waals surface area (Å²) in [5, 5.41) is 0. The number of hydrogen-bond acceptors (Lipinski definition) is 2. The van der Waals surface area contributed by atoms with Gasteiger partial charge in [0.2, 0.25) is 0 Å². The van der Waals surface area contributed by atoms with Gasteiger partial charge >= 0.3 is 0 Å². The molecule has 0 amide bonds. The summed E-state index contributed by atoms with van der Waals surface area (Å²) in [5.41, 5.74) is 1.27. The molecule has 0 fully saturated rings. The number of benzene rings is 1. The Hall–Kier alpha value is -1.31. The predicted octanol–water partition coefficient (Wildman–Crippen LogP) is 2.22. The topological polar surface area (TPSA) is 26.3 Å². The summed E-state index contributed by atoms with van der Waals surface area (Å²) in [6, 6.07) is 7.79. The summed E-state index contributed by atoms with van der Waals surface area (Å²) in [6.07, 6.45) is 1.43. The van der Waals surface area contributed by atoms with Gasteiger partial charge in [0.25, 0.3) is 0 Å². The SMILES string of the molecule is CCc1ccc(OC(C)C=O)cc1. The molecule has 13 heavy (non-hydrogen) atoms. The molecule has 1 unspecified atom stereocenters. The van der Waals surface area contributed by atoms with Crippen molar-refractivity contribution < 1.29 is 9.53 Å². The van der Waals surface area contributed by atoms with Crippen LogP contribution in [-0.4, -0.2) is 12.4 Å². The standard InChI is InChI=1S/C11H14O2/c1-3-10-4-6-11(7-5-10)13-9(2)8-12/h4-9H,3H2,1-2H3. The fraction of sp³-hybridized carbons (Fsp3) is 0.364. The molecule has 1 aromatic carbocycles. The lowest BCUT2D eigenvalue weighted by molar-refractivity contribution is -0.113. The van der Waals surface area contributed by atoms with Crippen molar-refractivity contribution in [2.45, 2.75) is 26.4 Å². The largest absolute Gasteiger partial charge is 0.483 e. The third kappa shape index (κ3) is 2.90. The Morgan fingerprint density at radius 2 is 2.00 bits per heavy atom. The van der Waals surface area contributed by atoms with Crippen molar-refractivity contribution in [3.05, 3.63) is 29.8 Å². The van der Waals surface area contributed by atoms with Crippen LogP contribution in [0.25, 0.3) is 0 Å². The van der Waals surface area contributed by atoms with Gasteiger partial charge in [-0.25, -0.2) is 0 Å². The van der Waals surface area contributed by atoms with E-state index in [2.05, 4.69) is 6.92 Å². The molecule has 0 N–H and O–H groups in total. The van der Waals surface area contributed by atoms with E-state index in [0.29, 0.717) is 0 Å². The first kappa shape index (κ1) is 9.78. The minimum atomic E-state index is -0.368. The Kier molecular flexibility index (Phi) is 3.50. The highest BCUT2D eigenvalue weighted by Gasteiger charge is 2.00. The average molecular weight is 178 g/mol. The first-order chi connectivity index (χ1) is 6.26. The third-order valence-corrected chi connectivity index (χ3v) is 1.85. The Morgan fingerprint density at radius 3 is 2.46 bits per heavy atom. The van der Waals surface area contributed by atoms with Gasteiger partial charge < -0.3 is 4.74 Å². The van der Waals surface area contributed by atoms with Crippen LogP contribution in [0.1, 0.15) is 19.4 Å². The van der Waals surface area contributed by atoms with Crippen LogP contribution >= 0.6 is 0 Å². The van der Waals surface area contributed by atoms with Crippen LogP contribution in [0.5, 0.6) is 5.75 Å². The van der Waals surface area contributed by atoms with Gasteiger partial charge in [0.15, 0.2) is 12.4 Å². The summed E-state index contributed by atoms with van der Waals surface area (Å²) in [7, 11) is 0. The highest BCUT2D eigenvalue weighted by Crippen LogP contribution is 2.13. The lowest BCUT2D eigenvalue weighted by Gasteiger charge is -2.08. The smallest absolute Gasteiger partial charge is 0.160 e. The molecule has 2 heteroatoms. The monoisotopic (exact) mass is 178 g/mol. The molecule has 2 nitrogen and oxygen atoms in total. The molecule has 1 atom stereocenters. The number of carbonyl (C=O) groups is 1. The van der Waals surface area contributed by atoms with Crippen molar-refractivity contribution in [1.82, 2.24) is 0 Å². The molecule has 0 bridgehead atoms. The number of hydrogen-bond donors (Lipinski definition) is 0. The zero-order valence-corrected chi connectivity index (χ0v) is 7.99. The highest BCUT2D eigenvalue weighted by molar-refractivity contribution is 5.56. The molecule has 1 rings (SSSR count).